The molecule has 1 heterocycles. The van der Waals surface area contributed by atoms with Gasteiger partial charge in [-0.05, 0) is 32.4 Å². The number of carboxylic acids is 1. The van der Waals surface area contributed by atoms with Crippen molar-refractivity contribution >= 4 is 5.97 Å². The topological polar surface area (TPSA) is 71.5 Å². The van der Waals surface area contributed by atoms with Crippen LogP contribution in [-0.4, -0.2) is 29.7 Å². The fraction of sp³-hybridized carbons (Fsp3) is 0.538. The molecule has 0 aliphatic carbocycles. The van der Waals surface area contributed by atoms with Gasteiger partial charge in [0.1, 0.15) is 0 Å². The second kappa shape index (κ2) is 6.35. The molecular weight excluding hydrogens is 232 g/mol. The number of carboxylic acid groups (broad SMARTS) is 1. The van der Waals surface area contributed by atoms with Crippen molar-refractivity contribution in [1.82, 2.24) is 10.3 Å². The molecule has 0 unspecified atom stereocenters. The Labute approximate surface area is 107 Å². The number of ether oxygens (including phenoxy) is 1. The van der Waals surface area contributed by atoms with E-state index in [4.69, 9.17) is 9.84 Å². The minimum absolute atomic E-state index is 0.589. The lowest BCUT2D eigenvalue weighted by molar-refractivity contribution is -0.147. The molecule has 100 valence electrons. The summed E-state index contributed by atoms with van der Waals surface area (Å²) in [7, 11) is 1.58. The molecule has 0 spiro atoms. The van der Waals surface area contributed by atoms with E-state index in [-0.39, 0.29) is 0 Å². The number of hydrogen-bond acceptors (Lipinski definition) is 4. The monoisotopic (exact) mass is 252 g/mol. The lowest BCUT2D eigenvalue weighted by atomic mass is 9.90. The van der Waals surface area contributed by atoms with Crippen LogP contribution < -0.4 is 10.1 Å². The number of rotatable bonds is 7. The Morgan fingerprint density at radius 2 is 2.22 bits per heavy atom. The summed E-state index contributed by atoms with van der Waals surface area (Å²) in [6, 6.07) is 3.74. The first kappa shape index (κ1) is 14.4. The Hall–Kier alpha value is -1.62. The minimum atomic E-state index is -0.768. The number of methoxy groups -OCH3 is 1. The van der Waals surface area contributed by atoms with Gasteiger partial charge in [-0.1, -0.05) is 6.07 Å². The van der Waals surface area contributed by atoms with Gasteiger partial charge in [0.05, 0.1) is 12.5 Å². The summed E-state index contributed by atoms with van der Waals surface area (Å²) in [5.74, 6) is -0.179. The van der Waals surface area contributed by atoms with E-state index in [1.807, 2.05) is 6.07 Å². The van der Waals surface area contributed by atoms with Crippen LogP contribution in [0, 0.1) is 5.41 Å². The first-order valence-electron chi connectivity index (χ1n) is 5.89. The molecule has 0 aromatic carbocycles. The molecule has 0 atom stereocenters. The maximum Gasteiger partial charge on any atom is 0.309 e. The van der Waals surface area contributed by atoms with Gasteiger partial charge in [-0.2, -0.15) is 0 Å². The molecule has 0 aliphatic heterocycles. The van der Waals surface area contributed by atoms with Gasteiger partial charge in [0.15, 0.2) is 0 Å². The third-order valence-corrected chi connectivity index (χ3v) is 2.84. The van der Waals surface area contributed by atoms with Crippen LogP contribution >= 0.6 is 0 Å². The predicted molar refractivity (Wildman–Crippen MR) is 68.5 cm³/mol. The molecule has 0 aliphatic rings. The number of nitrogens with zero attached hydrogens (tertiary/aromatic N) is 1. The zero-order valence-corrected chi connectivity index (χ0v) is 11.1. The summed E-state index contributed by atoms with van der Waals surface area (Å²) in [6.45, 7) is 4.79. The Morgan fingerprint density at radius 3 is 2.72 bits per heavy atom. The largest absolute Gasteiger partial charge is 0.481 e. The van der Waals surface area contributed by atoms with Gasteiger partial charge in [0.2, 0.25) is 5.88 Å². The van der Waals surface area contributed by atoms with Gasteiger partial charge < -0.3 is 15.2 Å². The summed E-state index contributed by atoms with van der Waals surface area (Å²) in [6.07, 6.45) is 2.33. The average Bonchev–Trinajstić information content (AvgIpc) is 2.35. The van der Waals surface area contributed by atoms with Crippen LogP contribution in [-0.2, 0) is 11.3 Å². The van der Waals surface area contributed by atoms with Gasteiger partial charge in [-0.25, -0.2) is 4.98 Å². The highest BCUT2D eigenvalue weighted by Gasteiger charge is 2.25. The van der Waals surface area contributed by atoms with E-state index in [1.165, 1.54) is 0 Å². The molecular formula is C13H20N2O3. The minimum Gasteiger partial charge on any atom is -0.481 e. The van der Waals surface area contributed by atoms with Crippen molar-refractivity contribution in [1.29, 1.82) is 0 Å². The van der Waals surface area contributed by atoms with Crippen molar-refractivity contribution in [2.75, 3.05) is 13.7 Å². The van der Waals surface area contributed by atoms with E-state index in [0.29, 0.717) is 25.4 Å². The van der Waals surface area contributed by atoms with Crippen molar-refractivity contribution in [3.63, 3.8) is 0 Å². The fourth-order valence-corrected chi connectivity index (χ4v) is 1.38. The van der Waals surface area contributed by atoms with Crippen LogP contribution in [0.15, 0.2) is 18.3 Å². The molecule has 1 rings (SSSR count). The molecule has 1 aromatic heterocycles. The Balaban J connectivity index is 2.31. The van der Waals surface area contributed by atoms with Crippen molar-refractivity contribution in [3.05, 3.63) is 23.9 Å². The summed E-state index contributed by atoms with van der Waals surface area (Å²) >= 11 is 0. The van der Waals surface area contributed by atoms with E-state index in [0.717, 1.165) is 5.56 Å². The van der Waals surface area contributed by atoms with Crippen LogP contribution in [0.25, 0.3) is 0 Å². The SMILES string of the molecule is COc1ccc(CNCCC(C)(C)C(=O)O)cn1. The maximum atomic E-state index is 10.9. The third kappa shape index (κ3) is 4.33. The molecule has 0 saturated heterocycles. The highest BCUT2D eigenvalue weighted by atomic mass is 16.5. The van der Waals surface area contributed by atoms with E-state index in [1.54, 1.807) is 33.2 Å². The third-order valence-electron chi connectivity index (χ3n) is 2.84. The average molecular weight is 252 g/mol. The van der Waals surface area contributed by atoms with Crippen molar-refractivity contribution in [2.45, 2.75) is 26.8 Å². The molecule has 5 heteroatoms. The molecule has 0 fully saturated rings. The van der Waals surface area contributed by atoms with Crippen LogP contribution in [0.3, 0.4) is 0 Å². The zero-order chi connectivity index (χ0) is 13.6. The fourth-order valence-electron chi connectivity index (χ4n) is 1.38. The van der Waals surface area contributed by atoms with E-state index >= 15 is 0 Å². The zero-order valence-electron chi connectivity index (χ0n) is 11.1. The second-order valence-electron chi connectivity index (χ2n) is 4.82. The van der Waals surface area contributed by atoms with Crippen LogP contribution in [0.1, 0.15) is 25.8 Å². The van der Waals surface area contributed by atoms with Gasteiger partial charge in [-0.3, -0.25) is 4.79 Å². The number of carbonyl (C=O) groups is 1. The number of aromatic nitrogens is 1. The predicted octanol–water partition coefficient (Wildman–Crippen LogP) is 1.68. The number of nitrogens with one attached hydrogen (secondary N) is 1. The maximum absolute atomic E-state index is 10.9. The van der Waals surface area contributed by atoms with Crippen LogP contribution in [0.5, 0.6) is 5.88 Å². The molecule has 1 aromatic rings. The Morgan fingerprint density at radius 1 is 1.50 bits per heavy atom. The van der Waals surface area contributed by atoms with Crippen LogP contribution in [0.2, 0.25) is 0 Å². The molecule has 0 amide bonds. The highest BCUT2D eigenvalue weighted by Crippen LogP contribution is 2.19. The summed E-state index contributed by atoms with van der Waals surface area (Å²) in [4.78, 5) is 15.0. The lowest BCUT2D eigenvalue weighted by Crippen LogP contribution is -2.28. The molecule has 5 nitrogen and oxygen atoms in total. The molecule has 0 saturated carbocycles. The highest BCUT2D eigenvalue weighted by molar-refractivity contribution is 5.73. The first-order chi connectivity index (χ1) is 8.45. The summed E-state index contributed by atoms with van der Waals surface area (Å²) in [5.41, 5.74) is 0.356. The van der Waals surface area contributed by atoms with Gasteiger partial charge in [-0.15, -0.1) is 0 Å². The quantitative estimate of drug-likeness (QED) is 0.722. The summed E-state index contributed by atoms with van der Waals surface area (Å²) < 4.78 is 4.97. The van der Waals surface area contributed by atoms with Crippen molar-refractivity contribution < 1.29 is 14.6 Å². The molecule has 0 bridgehead atoms. The molecule has 2 N–H and O–H groups in total. The lowest BCUT2D eigenvalue weighted by Gasteiger charge is -2.18. The number of hydrogen-bond donors (Lipinski definition) is 2. The van der Waals surface area contributed by atoms with E-state index in [9.17, 15) is 4.79 Å². The Kier molecular flexibility index (Phi) is 5.09. The number of pyridine rings is 1. The van der Waals surface area contributed by atoms with Gasteiger partial charge in [0.25, 0.3) is 0 Å². The first-order valence-corrected chi connectivity index (χ1v) is 5.89. The Bertz CT molecular complexity index is 388. The summed E-state index contributed by atoms with van der Waals surface area (Å²) in [5, 5.41) is 12.2. The van der Waals surface area contributed by atoms with E-state index < -0.39 is 11.4 Å². The normalized spacial score (nSPS) is 11.3. The van der Waals surface area contributed by atoms with E-state index in [2.05, 4.69) is 10.3 Å². The number of aliphatic carboxylic acids is 1. The van der Waals surface area contributed by atoms with Crippen molar-refractivity contribution in [2.24, 2.45) is 5.41 Å². The van der Waals surface area contributed by atoms with Gasteiger partial charge >= 0.3 is 5.97 Å². The van der Waals surface area contributed by atoms with Gasteiger partial charge in [0, 0.05) is 18.8 Å². The van der Waals surface area contributed by atoms with Crippen molar-refractivity contribution in [3.8, 4) is 5.88 Å². The standard InChI is InChI=1S/C13H20N2O3/c1-13(2,12(16)17)6-7-14-8-10-4-5-11(18-3)15-9-10/h4-5,9,14H,6-8H2,1-3H3,(H,16,17). The van der Waals surface area contributed by atoms with Crippen LogP contribution in [0.4, 0.5) is 0 Å². The molecule has 0 radical (unpaired) electrons. The smallest absolute Gasteiger partial charge is 0.309 e. The molecule has 18 heavy (non-hydrogen) atoms. The second-order valence-corrected chi connectivity index (χ2v) is 4.82.